The SMILES string of the molecule is CCCCCC(C)(C)CNC(=NC)NCc1cccc(C(N)=O)c1. The minimum atomic E-state index is -0.409. The number of rotatable bonds is 9. The van der Waals surface area contributed by atoms with Gasteiger partial charge in [0, 0.05) is 25.7 Å². The van der Waals surface area contributed by atoms with Gasteiger partial charge in [0.1, 0.15) is 0 Å². The van der Waals surface area contributed by atoms with Crippen molar-refractivity contribution in [1.82, 2.24) is 10.6 Å². The smallest absolute Gasteiger partial charge is 0.248 e. The molecule has 1 aromatic carbocycles. The van der Waals surface area contributed by atoms with Gasteiger partial charge in [-0.15, -0.1) is 0 Å². The molecule has 0 radical (unpaired) electrons. The highest BCUT2D eigenvalue weighted by atomic mass is 16.1. The summed E-state index contributed by atoms with van der Waals surface area (Å²) in [4.78, 5) is 15.5. The summed E-state index contributed by atoms with van der Waals surface area (Å²) in [6, 6.07) is 7.32. The zero-order chi connectivity index (χ0) is 18.0. The first kappa shape index (κ1) is 20.0. The van der Waals surface area contributed by atoms with Gasteiger partial charge >= 0.3 is 0 Å². The standard InChI is InChI=1S/C19H32N4O/c1-5-6-7-11-19(2,3)14-23-18(21-4)22-13-15-9-8-10-16(12-15)17(20)24/h8-10,12H,5-7,11,13-14H2,1-4H3,(H2,20,24)(H2,21,22,23). The molecule has 24 heavy (non-hydrogen) atoms. The number of nitrogens with one attached hydrogen (secondary N) is 2. The molecule has 0 saturated carbocycles. The summed E-state index contributed by atoms with van der Waals surface area (Å²) in [5.41, 5.74) is 7.07. The first-order valence-corrected chi connectivity index (χ1v) is 8.71. The second-order valence-corrected chi connectivity index (χ2v) is 6.97. The van der Waals surface area contributed by atoms with Crippen molar-refractivity contribution in [3.05, 3.63) is 35.4 Å². The van der Waals surface area contributed by atoms with E-state index >= 15 is 0 Å². The van der Waals surface area contributed by atoms with Crippen LogP contribution >= 0.6 is 0 Å². The number of hydrogen-bond acceptors (Lipinski definition) is 2. The summed E-state index contributed by atoms with van der Waals surface area (Å²) in [6.07, 6.45) is 4.99. The van der Waals surface area contributed by atoms with E-state index in [9.17, 15) is 4.79 Å². The van der Waals surface area contributed by atoms with Crippen LogP contribution < -0.4 is 16.4 Å². The second-order valence-electron chi connectivity index (χ2n) is 6.97. The molecule has 5 nitrogen and oxygen atoms in total. The van der Waals surface area contributed by atoms with Crippen molar-refractivity contribution in [1.29, 1.82) is 0 Å². The molecule has 134 valence electrons. The van der Waals surface area contributed by atoms with Crippen LogP contribution in [0.25, 0.3) is 0 Å². The van der Waals surface area contributed by atoms with E-state index in [-0.39, 0.29) is 5.41 Å². The lowest BCUT2D eigenvalue weighted by Crippen LogP contribution is -2.41. The molecule has 0 bridgehead atoms. The van der Waals surface area contributed by atoms with Crippen LogP contribution in [0.3, 0.4) is 0 Å². The van der Waals surface area contributed by atoms with E-state index < -0.39 is 5.91 Å². The Kier molecular flexibility index (Phi) is 8.30. The molecule has 0 aliphatic heterocycles. The number of primary amides is 1. The van der Waals surface area contributed by atoms with Crippen LogP contribution in [0.15, 0.2) is 29.3 Å². The summed E-state index contributed by atoms with van der Waals surface area (Å²) < 4.78 is 0. The molecule has 1 aromatic rings. The number of amides is 1. The van der Waals surface area contributed by atoms with Crippen molar-refractivity contribution in [2.24, 2.45) is 16.1 Å². The zero-order valence-electron chi connectivity index (χ0n) is 15.5. The van der Waals surface area contributed by atoms with Crippen molar-refractivity contribution in [3.63, 3.8) is 0 Å². The quantitative estimate of drug-likeness (QED) is 0.369. The highest BCUT2D eigenvalue weighted by Crippen LogP contribution is 2.22. The second kappa shape index (κ2) is 9.96. The predicted molar refractivity (Wildman–Crippen MR) is 101 cm³/mol. The maximum Gasteiger partial charge on any atom is 0.248 e. The highest BCUT2D eigenvalue weighted by Gasteiger charge is 2.17. The van der Waals surface area contributed by atoms with Gasteiger partial charge in [-0.1, -0.05) is 52.2 Å². The van der Waals surface area contributed by atoms with Crippen molar-refractivity contribution >= 4 is 11.9 Å². The van der Waals surface area contributed by atoms with E-state index in [1.807, 2.05) is 12.1 Å². The molecule has 5 heteroatoms. The van der Waals surface area contributed by atoms with Gasteiger partial charge in [0.05, 0.1) is 0 Å². The van der Waals surface area contributed by atoms with Crippen molar-refractivity contribution in [3.8, 4) is 0 Å². The molecule has 4 N–H and O–H groups in total. The average Bonchev–Trinajstić information content (AvgIpc) is 2.55. The van der Waals surface area contributed by atoms with Gasteiger partial charge in [0.2, 0.25) is 5.91 Å². The Morgan fingerprint density at radius 3 is 2.62 bits per heavy atom. The minimum absolute atomic E-state index is 0.235. The summed E-state index contributed by atoms with van der Waals surface area (Å²) in [6.45, 7) is 8.25. The Balaban J connectivity index is 2.48. The fourth-order valence-electron chi connectivity index (χ4n) is 2.51. The molecular weight excluding hydrogens is 300 g/mol. The number of hydrogen-bond donors (Lipinski definition) is 3. The molecule has 0 aliphatic rings. The number of nitrogens with zero attached hydrogens (tertiary/aromatic N) is 1. The van der Waals surface area contributed by atoms with Gasteiger partial charge < -0.3 is 16.4 Å². The lowest BCUT2D eigenvalue weighted by atomic mass is 9.87. The number of carbonyl (C=O) groups is 1. The Hall–Kier alpha value is -2.04. The molecule has 0 atom stereocenters. The van der Waals surface area contributed by atoms with Crippen molar-refractivity contribution < 1.29 is 4.79 Å². The van der Waals surface area contributed by atoms with Crippen LogP contribution in [0.5, 0.6) is 0 Å². The van der Waals surface area contributed by atoms with Crippen LogP contribution in [0.1, 0.15) is 62.4 Å². The number of unbranched alkanes of at least 4 members (excludes halogenated alkanes) is 2. The van der Waals surface area contributed by atoms with Gasteiger partial charge in [-0.2, -0.15) is 0 Å². The Bertz CT molecular complexity index is 552. The molecule has 0 aromatic heterocycles. The summed E-state index contributed by atoms with van der Waals surface area (Å²) >= 11 is 0. The van der Waals surface area contributed by atoms with Gasteiger partial charge in [-0.05, 0) is 29.5 Å². The number of aliphatic imine (C=N–C) groups is 1. The first-order chi connectivity index (χ1) is 11.4. The van der Waals surface area contributed by atoms with Crippen LogP contribution in [0, 0.1) is 5.41 Å². The lowest BCUT2D eigenvalue weighted by Gasteiger charge is -2.26. The van der Waals surface area contributed by atoms with E-state index in [4.69, 9.17) is 5.73 Å². The van der Waals surface area contributed by atoms with Crippen LogP contribution in [0.2, 0.25) is 0 Å². The minimum Gasteiger partial charge on any atom is -0.366 e. The molecule has 0 unspecified atom stereocenters. The third-order valence-electron chi connectivity index (χ3n) is 4.09. The third kappa shape index (κ3) is 7.49. The fourth-order valence-corrected chi connectivity index (χ4v) is 2.51. The average molecular weight is 332 g/mol. The molecule has 0 saturated heterocycles. The van der Waals surface area contributed by atoms with Crippen molar-refractivity contribution in [2.45, 2.75) is 53.0 Å². The molecule has 1 amide bonds. The van der Waals surface area contributed by atoms with E-state index in [1.54, 1.807) is 19.2 Å². The highest BCUT2D eigenvalue weighted by molar-refractivity contribution is 5.92. The molecule has 1 rings (SSSR count). The molecule has 0 spiro atoms. The maximum absolute atomic E-state index is 11.2. The van der Waals surface area contributed by atoms with Crippen molar-refractivity contribution in [2.75, 3.05) is 13.6 Å². The van der Waals surface area contributed by atoms with E-state index in [0.29, 0.717) is 12.1 Å². The largest absolute Gasteiger partial charge is 0.366 e. The van der Waals surface area contributed by atoms with E-state index in [2.05, 4.69) is 36.4 Å². The lowest BCUT2D eigenvalue weighted by molar-refractivity contribution is 0.1000. The third-order valence-corrected chi connectivity index (χ3v) is 4.09. The molecule has 0 fully saturated rings. The number of nitrogens with two attached hydrogens (primary N) is 1. The topological polar surface area (TPSA) is 79.5 Å². The Morgan fingerprint density at radius 2 is 2.00 bits per heavy atom. The van der Waals surface area contributed by atoms with E-state index in [1.165, 1.54) is 25.7 Å². The monoisotopic (exact) mass is 332 g/mol. The summed E-state index contributed by atoms with van der Waals surface area (Å²) in [5, 5.41) is 6.67. The maximum atomic E-state index is 11.2. The molecular formula is C19H32N4O. The van der Waals surface area contributed by atoms with Gasteiger partial charge in [0.25, 0.3) is 0 Å². The van der Waals surface area contributed by atoms with Crippen LogP contribution in [0.4, 0.5) is 0 Å². The Morgan fingerprint density at radius 1 is 1.25 bits per heavy atom. The molecule has 0 aliphatic carbocycles. The van der Waals surface area contributed by atoms with Crippen LogP contribution in [-0.4, -0.2) is 25.5 Å². The van der Waals surface area contributed by atoms with Gasteiger partial charge in [-0.3, -0.25) is 9.79 Å². The predicted octanol–water partition coefficient (Wildman–Crippen LogP) is 3.06. The Labute approximate surface area is 146 Å². The first-order valence-electron chi connectivity index (χ1n) is 8.71. The van der Waals surface area contributed by atoms with Crippen LogP contribution in [-0.2, 0) is 6.54 Å². The zero-order valence-corrected chi connectivity index (χ0v) is 15.5. The van der Waals surface area contributed by atoms with Gasteiger partial charge in [0.15, 0.2) is 5.96 Å². The number of benzene rings is 1. The fraction of sp³-hybridized carbons (Fsp3) is 0.579. The normalized spacial score (nSPS) is 12.1. The van der Waals surface area contributed by atoms with E-state index in [0.717, 1.165) is 18.1 Å². The number of carbonyl (C=O) groups excluding carboxylic acids is 1. The molecule has 0 heterocycles. The summed E-state index contributed by atoms with van der Waals surface area (Å²) in [7, 11) is 1.76. The number of guanidine groups is 1. The summed E-state index contributed by atoms with van der Waals surface area (Å²) in [5.74, 6) is 0.358. The van der Waals surface area contributed by atoms with Gasteiger partial charge in [-0.25, -0.2) is 0 Å².